The van der Waals surface area contributed by atoms with Gasteiger partial charge >= 0.3 is 0 Å². The van der Waals surface area contributed by atoms with E-state index in [0.29, 0.717) is 26.1 Å². The van der Waals surface area contributed by atoms with Crippen LogP contribution in [-0.2, 0) is 17.6 Å². The Labute approximate surface area is 188 Å². The second-order valence-corrected chi connectivity index (χ2v) is 8.49. The van der Waals surface area contributed by atoms with Crippen molar-refractivity contribution in [1.29, 1.82) is 0 Å². The molecule has 6 heteroatoms. The number of hydrogen-bond donors (Lipinski definition) is 1. The highest BCUT2D eigenvalue weighted by molar-refractivity contribution is 6.07. The molecule has 3 aromatic rings. The number of benzene rings is 2. The fourth-order valence-electron chi connectivity index (χ4n) is 4.85. The molecule has 1 saturated heterocycles. The number of nitrogens with one attached hydrogen (secondary N) is 1. The van der Waals surface area contributed by atoms with Crippen LogP contribution in [0.15, 0.2) is 54.6 Å². The quantitative estimate of drug-likeness (QED) is 0.678. The largest absolute Gasteiger partial charge is 0.368 e. The van der Waals surface area contributed by atoms with Crippen molar-refractivity contribution in [2.24, 2.45) is 0 Å². The number of amides is 2. The molecule has 0 unspecified atom stereocenters. The van der Waals surface area contributed by atoms with E-state index in [1.165, 1.54) is 5.69 Å². The van der Waals surface area contributed by atoms with Gasteiger partial charge in [0.1, 0.15) is 0 Å². The number of anilines is 1. The summed E-state index contributed by atoms with van der Waals surface area (Å²) in [4.78, 5) is 34.8. The third kappa shape index (κ3) is 4.05. The van der Waals surface area contributed by atoms with Crippen LogP contribution in [0, 0.1) is 0 Å². The highest BCUT2D eigenvalue weighted by Crippen LogP contribution is 2.29. The van der Waals surface area contributed by atoms with E-state index in [4.69, 9.17) is 4.98 Å². The highest BCUT2D eigenvalue weighted by atomic mass is 16.2. The van der Waals surface area contributed by atoms with Gasteiger partial charge in [0.25, 0.3) is 5.91 Å². The van der Waals surface area contributed by atoms with Gasteiger partial charge in [-0.1, -0.05) is 36.4 Å². The minimum Gasteiger partial charge on any atom is -0.368 e. The highest BCUT2D eigenvalue weighted by Gasteiger charge is 2.24. The van der Waals surface area contributed by atoms with Crippen LogP contribution in [0.2, 0.25) is 0 Å². The van der Waals surface area contributed by atoms with Crippen LogP contribution >= 0.6 is 0 Å². The molecule has 0 saturated carbocycles. The number of piperazine rings is 1. The summed E-state index contributed by atoms with van der Waals surface area (Å²) in [6, 6.07) is 18.1. The van der Waals surface area contributed by atoms with E-state index in [2.05, 4.69) is 22.3 Å². The number of aryl methyl sites for hydroxylation is 1. The van der Waals surface area contributed by atoms with Gasteiger partial charge in [0.2, 0.25) is 5.91 Å². The molecule has 1 aliphatic carbocycles. The van der Waals surface area contributed by atoms with Crippen LogP contribution in [-0.4, -0.2) is 54.4 Å². The second kappa shape index (κ2) is 8.99. The van der Waals surface area contributed by atoms with Crippen LogP contribution in [0.1, 0.15) is 34.5 Å². The van der Waals surface area contributed by atoms with Crippen molar-refractivity contribution in [2.75, 3.05) is 37.6 Å². The first kappa shape index (κ1) is 20.5. The molecular formula is C26H28N4O2. The van der Waals surface area contributed by atoms with Crippen molar-refractivity contribution in [3.8, 4) is 0 Å². The maximum absolute atomic E-state index is 13.1. The Hall–Kier alpha value is -3.41. The lowest BCUT2D eigenvalue weighted by Gasteiger charge is -2.36. The third-order valence-electron chi connectivity index (χ3n) is 6.52. The number of aromatic nitrogens is 1. The standard InChI is InChI=1S/C26H28N4O2/c31-24(30-17-15-29(16-18-30)19-7-2-1-3-8-19)13-14-27-26(32)25-20-9-4-5-11-22(20)28-23-12-6-10-21(23)25/h1-5,7-9,11H,6,10,12-18H2,(H,27,32). The second-order valence-electron chi connectivity index (χ2n) is 8.49. The van der Waals surface area contributed by atoms with Gasteiger partial charge in [-0.05, 0) is 43.0 Å². The molecule has 2 heterocycles. The van der Waals surface area contributed by atoms with E-state index in [0.717, 1.165) is 60.1 Å². The molecule has 0 bridgehead atoms. The van der Waals surface area contributed by atoms with Crippen molar-refractivity contribution in [2.45, 2.75) is 25.7 Å². The Balaban J connectivity index is 1.18. The van der Waals surface area contributed by atoms with E-state index in [-0.39, 0.29) is 11.8 Å². The number of fused-ring (bicyclic) bond motifs is 2. The maximum Gasteiger partial charge on any atom is 0.252 e. The zero-order valence-corrected chi connectivity index (χ0v) is 18.2. The van der Waals surface area contributed by atoms with Crippen LogP contribution in [0.3, 0.4) is 0 Å². The Kier molecular flexibility index (Phi) is 5.75. The molecular weight excluding hydrogens is 400 g/mol. The van der Waals surface area contributed by atoms with Gasteiger partial charge in [0.15, 0.2) is 0 Å². The van der Waals surface area contributed by atoms with Crippen molar-refractivity contribution in [3.05, 3.63) is 71.4 Å². The Morgan fingerprint density at radius 2 is 1.66 bits per heavy atom. The molecule has 5 rings (SSSR count). The van der Waals surface area contributed by atoms with Gasteiger partial charge in [-0.15, -0.1) is 0 Å². The van der Waals surface area contributed by atoms with Gasteiger partial charge in [0.05, 0.1) is 11.1 Å². The van der Waals surface area contributed by atoms with E-state index in [9.17, 15) is 9.59 Å². The summed E-state index contributed by atoms with van der Waals surface area (Å²) >= 11 is 0. The smallest absolute Gasteiger partial charge is 0.252 e. The molecule has 1 aliphatic heterocycles. The normalized spacial score (nSPS) is 15.6. The molecule has 1 aromatic heterocycles. The Bertz CT molecular complexity index is 1140. The molecule has 1 N–H and O–H groups in total. The van der Waals surface area contributed by atoms with Crippen LogP contribution < -0.4 is 10.2 Å². The van der Waals surface area contributed by atoms with Crippen LogP contribution in [0.25, 0.3) is 10.9 Å². The van der Waals surface area contributed by atoms with E-state index >= 15 is 0 Å². The molecule has 0 radical (unpaired) electrons. The molecule has 32 heavy (non-hydrogen) atoms. The average Bonchev–Trinajstić information content (AvgIpc) is 3.31. The summed E-state index contributed by atoms with van der Waals surface area (Å²) in [6.07, 6.45) is 3.17. The SMILES string of the molecule is O=C(NCCC(=O)N1CCN(c2ccccc2)CC1)c1c2c(nc3ccccc13)CCC2. The van der Waals surface area contributed by atoms with Gasteiger partial charge in [0, 0.05) is 55.9 Å². The fraction of sp³-hybridized carbons (Fsp3) is 0.346. The van der Waals surface area contributed by atoms with E-state index in [1.54, 1.807) is 0 Å². The van der Waals surface area contributed by atoms with Crippen molar-refractivity contribution in [3.63, 3.8) is 0 Å². The first-order valence-corrected chi connectivity index (χ1v) is 11.5. The van der Waals surface area contributed by atoms with E-state index < -0.39 is 0 Å². The lowest BCUT2D eigenvalue weighted by atomic mass is 10.0. The molecule has 6 nitrogen and oxygen atoms in total. The predicted octanol–water partition coefficient (Wildman–Crippen LogP) is 3.19. The molecule has 0 atom stereocenters. The molecule has 2 amide bonds. The summed E-state index contributed by atoms with van der Waals surface area (Å²) in [7, 11) is 0. The number of carbonyl (C=O) groups is 2. The van der Waals surface area contributed by atoms with Crippen molar-refractivity contribution >= 4 is 28.4 Å². The number of rotatable bonds is 5. The number of carbonyl (C=O) groups excluding carboxylic acids is 2. The number of pyridine rings is 1. The molecule has 2 aromatic carbocycles. The maximum atomic E-state index is 13.1. The molecule has 2 aliphatic rings. The lowest BCUT2D eigenvalue weighted by Crippen LogP contribution is -2.49. The van der Waals surface area contributed by atoms with E-state index in [1.807, 2.05) is 47.4 Å². The predicted molar refractivity (Wildman–Crippen MR) is 126 cm³/mol. The monoisotopic (exact) mass is 428 g/mol. The average molecular weight is 429 g/mol. The number of hydrogen-bond acceptors (Lipinski definition) is 4. The summed E-state index contributed by atoms with van der Waals surface area (Å²) in [5.74, 6) is 0.00581. The topological polar surface area (TPSA) is 65.5 Å². The minimum absolute atomic E-state index is 0.0940. The summed E-state index contributed by atoms with van der Waals surface area (Å²) in [5, 5.41) is 3.90. The first-order valence-electron chi connectivity index (χ1n) is 11.5. The van der Waals surface area contributed by atoms with Gasteiger partial charge in [-0.3, -0.25) is 14.6 Å². The number of para-hydroxylation sites is 2. The summed E-state index contributed by atoms with van der Waals surface area (Å²) < 4.78 is 0. The van der Waals surface area contributed by atoms with Gasteiger partial charge in [-0.25, -0.2) is 0 Å². The number of nitrogens with zero attached hydrogens (tertiary/aromatic N) is 3. The van der Waals surface area contributed by atoms with Crippen LogP contribution in [0.4, 0.5) is 5.69 Å². The van der Waals surface area contributed by atoms with Gasteiger partial charge < -0.3 is 15.1 Å². The summed E-state index contributed by atoms with van der Waals surface area (Å²) in [5.41, 5.74) is 4.92. The molecule has 1 fully saturated rings. The first-order chi connectivity index (χ1) is 15.7. The third-order valence-corrected chi connectivity index (χ3v) is 6.52. The van der Waals surface area contributed by atoms with Crippen molar-refractivity contribution in [1.82, 2.24) is 15.2 Å². The molecule has 0 spiro atoms. The fourth-order valence-corrected chi connectivity index (χ4v) is 4.85. The lowest BCUT2D eigenvalue weighted by molar-refractivity contribution is -0.131. The molecule has 164 valence electrons. The summed E-state index contributed by atoms with van der Waals surface area (Å²) in [6.45, 7) is 3.44. The Morgan fingerprint density at radius 3 is 2.47 bits per heavy atom. The van der Waals surface area contributed by atoms with Crippen LogP contribution in [0.5, 0.6) is 0 Å². The Morgan fingerprint density at radius 1 is 0.906 bits per heavy atom. The van der Waals surface area contributed by atoms with Gasteiger partial charge in [-0.2, -0.15) is 0 Å². The zero-order chi connectivity index (χ0) is 21.9. The van der Waals surface area contributed by atoms with Crippen molar-refractivity contribution < 1.29 is 9.59 Å². The zero-order valence-electron chi connectivity index (χ0n) is 18.2. The minimum atomic E-state index is -0.0940.